The molecular formula is C22H23F3N4O3. The van der Waals surface area contributed by atoms with Gasteiger partial charge in [0, 0.05) is 30.5 Å². The van der Waals surface area contributed by atoms with E-state index in [1.807, 2.05) is 0 Å². The molecule has 10 heteroatoms. The van der Waals surface area contributed by atoms with Gasteiger partial charge in [0.2, 0.25) is 5.95 Å². The molecule has 3 aromatic rings. The Morgan fingerprint density at radius 3 is 2.69 bits per heavy atom. The van der Waals surface area contributed by atoms with E-state index in [2.05, 4.69) is 20.3 Å². The Hall–Kier alpha value is -3.01. The zero-order chi connectivity index (χ0) is 22.5. The Labute approximate surface area is 182 Å². The number of methoxy groups -OCH3 is 1. The van der Waals surface area contributed by atoms with Gasteiger partial charge in [-0.1, -0.05) is 0 Å². The van der Waals surface area contributed by atoms with Gasteiger partial charge in [0.25, 0.3) is 0 Å². The summed E-state index contributed by atoms with van der Waals surface area (Å²) in [6.07, 6.45) is -0.0285. The SMILES string of the molecule is COc1ccc(-c2nnc(N[C@@H]3C[C@H](CO)C4CC3C4)n3cccc23)c(OC(F)(F)F)c1. The van der Waals surface area contributed by atoms with Crippen LogP contribution in [0.15, 0.2) is 36.5 Å². The van der Waals surface area contributed by atoms with E-state index < -0.39 is 12.1 Å². The summed E-state index contributed by atoms with van der Waals surface area (Å²) in [6, 6.07) is 7.95. The first-order chi connectivity index (χ1) is 15.4. The van der Waals surface area contributed by atoms with E-state index in [4.69, 9.17) is 4.74 Å². The van der Waals surface area contributed by atoms with E-state index in [1.54, 1.807) is 28.8 Å². The fourth-order valence-electron chi connectivity index (χ4n) is 4.98. The van der Waals surface area contributed by atoms with E-state index in [9.17, 15) is 18.3 Å². The van der Waals surface area contributed by atoms with Crippen molar-refractivity contribution in [2.75, 3.05) is 19.0 Å². The van der Waals surface area contributed by atoms with Gasteiger partial charge in [0.1, 0.15) is 17.2 Å². The highest BCUT2D eigenvalue weighted by Gasteiger charge is 2.45. The molecule has 2 atom stereocenters. The van der Waals surface area contributed by atoms with E-state index >= 15 is 0 Å². The topological polar surface area (TPSA) is 80.9 Å². The van der Waals surface area contributed by atoms with Crippen molar-refractivity contribution in [3.05, 3.63) is 36.5 Å². The molecule has 3 fully saturated rings. The molecule has 2 heterocycles. The number of hydrogen-bond donors (Lipinski definition) is 2. The van der Waals surface area contributed by atoms with Crippen LogP contribution in [-0.2, 0) is 0 Å². The van der Waals surface area contributed by atoms with Gasteiger partial charge in [0.05, 0.1) is 12.6 Å². The van der Waals surface area contributed by atoms with Crippen molar-refractivity contribution in [2.45, 2.75) is 31.7 Å². The summed E-state index contributed by atoms with van der Waals surface area (Å²) < 4.78 is 50.1. The average Bonchev–Trinajstić information content (AvgIpc) is 3.22. The summed E-state index contributed by atoms with van der Waals surface area (Å²) in [5.74, 6) is 1.76. The van der Waals surface area contributed by atoms with Crippen LogP contribution in [0.2, 0.25) is 0 Å². The second-order valence-corrected chi connectivity index (χ2v) is 8.47. The summed E-state index contributed by atoms with van der Waals surface area (Å²) in [5, 5.41) is 21.7. The molecule has 0 radical (unpaired) electrons. The maximum Gasteiger partial charge on any atom is 0.573 e. The number of rotatable bonds is 6. The summed E-state index contributed by atoms with van der Waals surface area (Å²) >= 11 is 0. The minimum atomic E-state index is -4.86. The third-order valence-electron chi connectivity index (χ3n) is 6.69. The number of halogens is 3. The average molecular weight is 448 g/mol. The molecule has 32 heavy (non-hydrogen) atoms. The molecule has 0 amide bonds. The summed E-state index contributed by atoms with van der Waals surface area (Å²) in [6.45, 7) is 0.179. The zero-order valence-electron chi connectivity index (χ0n) is 17.3. The van der Waals surface area contributed by atoms with Crippen molar-refractivity contribution in [3.8, 4) is 22.8 Å². The maximum atomic E-state index is 13.0. The quantitative estimate of drug-likeness (QED) is 0.591. The number of fused-ring (bicyclic) bond motifs is 3. The van der Waals surface area contributed by atoms with Gasteiger partial charge in [-0.25, -0.2) is 0 Å². The number of aliphatic hydroxyl groups is 1. The fourth-order valence-corrected chi connectivity index (χ4v) is 4.98. The highest BCUT2D eigenvalue weighted by Crippen LogP contribution is 2.49. The molecular weight excluding hydrogens is 425 g/mol. The molecule has 0 unspecified atom stereocenters. The van der Waals surface area contributed by atoms with E-state index in [0.29, 0.717) is 23.3 Å². The van der Waals surface area contributed by atoms with Gasteiger partial charge in [-0.3, -0.25) is 4.40 Å². The number of hydrogen-bond acceptors (Lipinski definition) is 6. The van der Waals surface area contributed by atoms with Crippen LogP contribution >= 0.6 is 0 Å². The molecule has 170 valence electrons. The van der Waals surface area contributed by atoms with Crippen LogP contribution in [0.1, 0.15) is 19.3 Å². The Bertz CT molecular complexity index is 1130. The first kappa shape index (κ1) is 20.9. The Morgan fingerprint density at radius 1 is 1.16 bits per heavy atom. The first-order valence-corrected chi connectivity index (χ1v) is 10.5. The summed E-state index contributed by atoms with van der Waals surface area (Å²) in [7, 11) is 1.37. The molecule has 2 bridgehead atoms. The van der Waals surface area contributed by atoms with E-state index in [0.717, 1.165) is 19.3 Å². The molecule has 0 spiro atoms. The van der Waals surface area contributed by atoms with Gasteiger partial charge in [-0.2, -0.15) is 0 Å². The number of alkyl halides is 3. The van der Waals surface area contributed by atoms with Crippen molar-refractivity contribution in [1.82, 2.24) is 14.6 Å². The van der Waals surface area contributed by atoms with Crippen LogP contribution in [0.5, 0.6) is 11.5 Å². The minimum Gasteiger partial charge on any atom is -0.497 e. The molecule has 3 aliphatic rings. The van der Waals surface area contributed by atoms with Crippen molar-refractivity contribution in [1.29, 1.82) is 0 Å². The lowest BCUT2D eigenvalue weighted by atomic mass is 9.58. The van der Waals surface area contributed by atoms with Crippen molar-refractivity contribution in [3.63, 3.8) is 0 Å². The zero-order valence-corrected chi connectivity index (χ0v) is 17.3. The molecule has 6 rings (SSSR count). The van der Waals surface area contributed by atoms with Crippen LogP contribution in [0.25, 0.3) is 16.8 Å². The molecule has 3 saturated carbocycles. The van der Waals surface area contributed by atoms with E-state index in [-0.39, 0.29) is 35.6 Å². The molecule has 1 aromatic carbocycles. The number of nitrogens with one attached hydrogen (secondary N) is 1. The maximum absolute atomic E-state index is 13.0. The highest BCUT2D eigenvalue weighted by molar-refractivity contribution is 5.81. The molecule has 0 saturated heterocycles. The molecule has 2 aromatic heterocycles. The lowest BCUT2D eigenvalue weighted by molar-refractivity contribution is -0.274. The van der Waals surface area contributed by atoms with Crippen LogP contribution in [0.3, 0.4) is 0 Å². The van der Waals surface area contributed by atoms with E-state index in [1.165, 1.54) is 19.2 Å². The number of anilines is 1. The van der Waals surface area contributed by atoms with Crippen LogP contribution in [0.4, 0.5) is 19.1 Å². The predicted molar refractivity (Wildman–Crippen MR) is 110 cm³/mol. The first-order valence-electron chi connectivity index (χ1n) is 10.5. The van der Waals surface area contributed by atoms with Gasteiger partial charge in [-0.15, -0.1) is 23.4 Å². The van der Waals surface area contributed by atoms with Gasteiger partial charge in [0.15, 0.2) is 0 Å². The van der Waals surface area contributed by atoms with Crippen LogP contribution in [-0.4, -0.2) is 45.8 Å². The van der Waals surface area contributed by atoms with Crippen molar-refractivity contribution in [2.24, 2.45) is 17.8 Å². The second-order valence-electron chi connectivity index (χ2n) is 8.47. The Morgan fingerprint density at radius 2 is 1.97 bits per heavy atom. The number of ether oxygens (including phenoxy) is 2. The number of aromatic nitrogens is 3. The van der Waals surface area contributed by atoms with Crippen LogP contribution in [0, 0.1) is 17.8 Å². The Kier molecular flexibility index (Phi) is 5.11. The summed E-state index contributed by atoms with van der Waals surface area (Å²) in [4.78, 5) is 0. The molecule has 3 aliphatic carbocycles. The third kappa shape index (κ3) is 3.72. The number of benzene rings is 1. The minimum absolute atomic E-state index is 0.158. The van der Waals surface area contributed by atoms with Gasteiger partial charge < -0.3 is 19.9 Å². The van der Waals surface area contributed by atoms with Crippen molar-refractivity contribution < 1.29 is 27.8 Å². The lowest BCUT2D eigenvalue weighted by Gasteiger charge is -2.51. The molecule has 2 N–H and O–H groups in total. The number of aliphatic hydroxyl groups excluding tert-OH is 1. The number of nitrogens with zero attached hydrogens (tertiary/aromatic N) is 3. The van der Waals surface area contributed by atoms with Gasteiger partial charge in [-0.05, 0) is 61.3 Å². The summed E-state index contributed by atoms with van der Waals surface area (Å²) in [5.41, 5.74) is 1.02. The standard InChI is InChI=1S/C22H23F3N4O3/c1-31-15-4-5-16(19(10-15)32-22(23,24)25)20-18-3-2-6-29(18)21(28-27-20)26-17-9-14(11-30)12-7-13(17)8-12/h2-6,10,12-14,17,30H,7-9,11H2,1H3,(H,26,28)/t12?,13?,14-,17-/m1/s1. The van der Waals surface area contributed by atoms with Crippen LogP contribution < -0.4 is 14.8 Å². The largest absolute Gasteiger partial charge is 0.573 e. The monoisotopic (exact) mass is 448 g/mol. The predicted octanol–water partition coefficient (Wildman–Crippen LogP) is 4.12. The van der Waals surface area contributed by atoms with Crippen molar-refractivity contribution >= 4 is 11.5 Å². The molecule has 0 aliphatic heterocycles. The smallest absolute Gasteiger partial charge is 0.497 e. The van der Waals surface area contributed by atoms with Gasteiger partial charge >= 0.3 is 6.36 Å². The third-order valence-corrected chi connectivity index (χ3v) is 6.69. The second kappa shape index (κ2) is 7.84. The molecule has 7 nitrogen and oxygen atoms in total. The lowest BCUT2D eigenvalue weighted by Crippen LogP contribution is -2.50. The fraction of sp³-hybridized carbons (Fsp3) is 0.455. The normalized spacial score (nSPS) is 24.8. The highest BCUT2D eigenvalue weighted by atomic mass is 19.4. The Balaban J connectivity index is 1.50.